The zero-order valence-electron chi connectivity index (χ0n) is 11.6. The molecule has 0 N–H and O–H groups in total. The molecule has 0 aliphatic carbocycles. The average molecular weight is 267 g/mol. The summed E-state index contributed by atoms with van der Waals surface area (Å²) in [5, 5.41) is 3.88. The molecule has 0 aromatic carbocycles. The van der Waals surface area contributed by atoms with Crippen molar-refractivity contribution in [1.29, 1.82) is 0 Å². The van der Waals surface area contributed by atoms with E-state index in [9.17, 15) is 4.79 Å². The van der Waals surface area contributed by atoms with Crippen LogP contribution in [0.1, 0.15) is 44.8 Å². The molecular formula is C13H21N3O3. The molecule has 1 aliphatic heterocycles. The number of carbonyl (C=O) groups is 1. The molecule has 0 bridgehead atoms. The molecule has 1 atom stereocenters. The number of carbonyl (C=O) groups excluding carboxylic acids is 1. The second-order valence-corrected chi connectivity index (χ2v) is 4.69. The van der Waals surface area contributed by atoms with Crippen molar-refractivity contribution < 1.29 is 14.1 Å². The van der Waals surface area contributed by atoms with Crippen molar-refractivity contribution in [3.05, 3.63) is 11.7 Å². The van der Waals surface area contributed by atoms with Gasteiger partial charge in [-0.05, 0) is 26.3 Å². The van der Waals surface area contributed by atoms with Crippen LogP contribution in [-0.4, -0.2) is 40.2 Å². The first-order valence-electron chi connectivity index (χ1n) is 6.96. The molecule has 1 saturated heterocycles. The van der Waals surface area contributed by atoms with E-state index in [0.29, 0.717) is 24.9 Å². The third kappa shape index (κ3) is 3.53. The number of hydrogen-bond donors (Lipinski definition) is 0. The summed E-state index contributed by atoms with van der Waals surface area (Å²) in [6, 6.07) is -0.175. The minimum Gasteiger partial charge on any atom is -0.465 e. The summed E-state index contributed by atoms with van der Waals surface area (Å²) < 4.78 is 10.3. The minimum absolute atomic E-state index is 0.141. The Balaban J connectivity index is 2.00. The van der Waals surface area contributed by atoms with E-state index in [2.05, 4.69) is 15.0 Å². The summed E-state index contributed by atoms with van der Waals surface area (Å²) >= 11 is 0. The molecule has 2 rings (SSSR count). The zero-order valence-corrected chi connectivity index (χ0v) is 11.6. The quantitative estimate of drug-likeness (QED) is 0.754. The average Bonchev–Trinajstić information content (AvgIpc) is 2.87. The highest BCUT2D eigenvalue weighted by Gasteiger charge is 2.30. The normalized spacial score (nSPS) is 20.4. The molecule has 1 aliphatic rings. The Labute approximate surface area is 113 Å². The van der Waals surface area contributed by atoms with E-state index in [1.807, 2.05) is 13.8 Å². The highest BCUT2D eigenvalue weighted by Crippen LogP contribution is 2.20. The second kappa shape index (κ2) is 6.65. The van der Waals surface area contributed by atoms with Crippen molar-refractivity contribution in [3.63, 3.8) is 0 Å². The number of nitrogens with zero attached hydrogens (tertiary/aromatic N) is 3. The van der Waals surface area contributed by atoms with Gasteiger partial charge in [0, 0.05) is 6.42 Å². The number of aromatic nitrogens is 2. The lowest BCUT2D eigenvalue weighted by molar-refractivity contribution is -0.151. The number of aryl methyl sites for hydroxylation is 1. The van der Waals surface area contributed by atoms with Crippen molar-refractivity contribution in [2.75, 3.05) is 13.2 Å². The third-order valence-corrected chi connectivity index (χ3v) is 3.34. The Hall–Kier alpha value is -1.43. The van der Waals surface area contributed by atoms with Crippen LogP contribution >= 0.6 is 0 Å². The van der Waals surface area contributed by atoms with Gasteiger partial charge in [-0.3, -0.25) is 9.69 Å². The molecule has 6 nitrogen and oxygen atoms in total. The Kier molecular flexibility index (Phi) is 4.90. The molecule has 0 radical (unpaired) electrons. The number of piperidine rings is 1. The summed E-state index contributed by atoms with van der Waals surface area (Å²) in [6.07, 6.45) is 3.74. The first-order valence-corrected chi connectivity index (χ1v) is 6.96. The molecule has 1 fully saturated rings. The summed E-state index contributed by atoms with van der Waals surface area (Å²) in [5.41, 5.74) is 0. The first kappa shape index (κ1) is 14.0. The molecule has 0 saturated carbocycles. The molecule has 106 valence electrons. The molecule has 19 heavy (non-hydrogen) atoms. The number of rotatable bonds is 5. The van der Waals surface area contributed by atoms with Gasteiger partial charge in [-0.1, -0.05) is 18.5 Å². The van der Waals surface area contributed by atoms with Gasteiger partial charge >= 0.3 is 5.97 Å². The third-order valence-electron chi connectivity index (χ3n) is 3.34. The lowest BCUT2D eigenvalue weighted by atomic mass is 10.0. The van der Waals surface area contributed by atoms with E-state index >= 15 is 0 Å². The lowest BCUT2D eigenvalue weighted by Gasteiger charge is -2.32. The zero-order chi connectivity index (χ0) is 13.7. The van der Waals surface area contributed by atoms with Gasteiger partial charge in [-0.2, -0.15) is 4.98 Å². The van der Waals surface area contributed by atoms with Crippen molar-refractivity contribution in [2.45, 2.75) is 52.1 Å². The maximum Gasteiger partial charge on any atom is 0.323 e. The first-order chi connectivity index (χ1) is 9.24. The Morgan fingerprint density at radius 2 is 2.32 bits per heavy atom. The fraction of sp³-hybridized carbons (Fsp3) is 0.769. The van der Waals surface area contributed by atoms with Crippen LogP contribution in [0.4, 0.5) is 0 Å². The fourth-order valence-electron chi connectivity index (χ4n) is 2.36. The van der Waals surface area contributed by atoms with E-state index in [1.165, 1.54) is 0 Å². The SMILES string of the molecule is CCOC(=O)C1CCCCN1Cc1nc(CC)no1. The maximum absolute atomic E-state index is 11.9. The van der Waals surface area contributed by atoms with Gasteiger partial charge < -0.3 is 9.26 Å². The van der Waals surface area contributed by atoms with Gasteiger partial charge in [0.05, 0.1) is 13.2 Å². The Morgan fingerprint density at radius 3 is 3.00 bits per heavy atom. The van der Waals surface area contributed by atoms with E-state index < -0.39 is 0 Å². The Morgan fingerprint density at radius 1 is 1.47 bits per heavy atom. The summed E-state index contributed by atoms with van der Waals surface area (Å²) in [7, 11) is 0. The van der Waals surface area contributed by atoms with Crippen LogP contribution in [0.5, 0.6) is 0 Å². The van der Waals surface area contributed by atoms with Gasteiger partial charge in [0.25, 0.3) is 0 Å². The molecule has 1 aromatic rings. The smallest absolute Gasteiger partial charge is 0.323 e. The molecule has 1 aromatic heterocycles. The predicted octanol–water partition coefficient (Wildman–Crippen LogP) is 1.55. The van der Waals surface area contributed by atoms with Crippen LogP contribution < -0.4 is 0 Å². The van der Waals surface area contributed by atoms with Gasteiger partial charge in [0.1, 0.15) is 6.04 Å². The largest absolute Gasteiger partial charge is 0.465 e. The monoisotopic (exact) mass is 267 g/mol. The van der Waals surface area contributed by atoms with Crippen molar-refractivity contribution >= 4 is 5.97 Å². The van der Waals surface area contributed by atoms with E-state index in [-0.39, 0.29) is 12.0 Å². The van der Waals surface area contributed by atoms with Crippen LogP contribution in [0.2, 0.25) is 0 Å². The molecule has 1 unspecified atom stereocenters. The van der Waals surface area contributed by atoms with Crippen LogP contribution in [0.15, 0.2) is 4.52 Å². The van der Waals surface area contributed by atoms with Crippen LogP contribution in [0.25, 0.3) is 0 Å². The molecule has 0 amide bonds. The summed E-state index contributed by atoms with van der Waals surface area (Å²) in [5.74, 6) is 1.14. The lowest BCUT2D eigenvalue weighted by Crippen LogP contribution is -2.45. The van der Waals surface area contributed by atoms with Crippen molar-refractivity contribution in [3.8, 4) is 0 Å². The molecule has 0 spiro atoms. The Bertz CT molecular complexity index is 419. The van der Waals surface area contributed by atoms with E-state index in [4.69, 9.17) is 9.26 Å². The van der Waals surface area contributed by atoms with E-state index in [1.54, 1.807) is 0 Å². The maximum atomic E-state index is 11.9. The second-order valence-electron chi connectivity index (χ2n) is 4.69. The van der Waals surface area contributed by atoms with Gasteiger partial charge in [0.15, 0.2) is 5.82 Å². The highest BCUT2D eigenvalue weighted by molar-refractivity contribution is 5.75. The van der Waals surface area contributed by atoms with Gasteiger partial charge in [-0.15, -0.1) is 0 Å². The standard InChI is InChI=1S/C13H21N3O3/c1-3-11-14-12(19-15-11)9-16-8-6-5-7-10(16)13(17)18-4-2/h10H,3-9H2,1-2H3. The highest BCUT2D eigenvalue weighted by atomic mass is 16.5. The van der Waals surface area contributed by atoms with Crippen LogP contribution in [0.3, 0.4) is 0 Å². The van der Waals surface area contributed by atoms with Crippen LogP contribution in [0, 0.1) is 0 Å². The molecule has 2 heterocycles. The number of esters is 1. The predicted molar refractivity (Wildman–Crippen MR) is 68.4 cm³/mol. The topological polar surface area (TPSA) is 68.5 Å². The van der Waals surface area contributed by atoms with Crippen molar-refractivity contribution in [2.24, 2.45) is 0 Å². The number of ether oxygens (including phenoxy) is 1. The van der Waals surface area contributed by atoms with Gasteiger partial charge in [0.2, 0.25) is 5.89 Å². The summed E-state index contributed by atoms with van der Waals surface area (Å²) in [4.78, 5) is 18.3. The molecule has 6 heteroatoms. The molecular weight excluding hydrogens is 246 g/mol. The fourth-order valence-corrected chi connectivity index (χ4v) is 2.36. The summed E-state index contributed by atoms with van der Waals surface area (Å²) in [6.45, 7) is 5.63. The van der Waals surface area contributed by atoms with Crippen molar-refractivity contribution in [1.82, 2.24) is 15.0 Å². The number of likely N-dealkylation sites (tertiary alicyclic amines) is 1. The van der Waals surface area contributed by atoms with E-state index in [0.717, 1.165) is 32.2 Å². The number of hydrogen-bond acceptors (Lipinski definition) is 6. The van der Waals surface area contributed by atoms with Gasteiger partial charge in [-0.25, -0.2) is 0 Å². The minimum atomic E-state index is -0.175. The van der Waals surface area contributed by atoms with Crippen LogP contribution in [-0.2, 0) is 22.5 Å².